The van der Waals surface area contributed by atoms with Crippen molar-refractivity contribution in [2.24, 2.45) is 0 Å². The number of alkyl halides is 2. The second kappa shape index (κ2) is 8.12. The van der Waals surface area contributed by atoms with E-state index < -0.39 is 32.9 Å². The van der Waals surface area contributed by atoms with Gasteiger partial charge < -0.3 is 4.90 Å². The van der Waals surface area contributed by atoms with Crippen LogP contribution in [0.25, 0.3) is 10.9 Å². The summed E-state index contributed by atoms with van der Waals surface area (Å²) in [6.45, 7) is 0.417. The van der Waals surface area contributed by atoms with E-state index in [2.05, 4.69) is 9.97 Å². The number of para-hydroxylation sites is 2. The van der Waals surface area contributed by atoms with Gasteiger partial charge in [-0.1, -0.05) is 24.3 Å². The predicted molar refractivity (Wildman–Crippen MR) is 109 cm³/mol. The largest absolute Gasteiger partial charge is 0.353 e. The molecule has 1 saturated heterocycles. The van der Waals surface area contributed by atoms with Gasteiger partial charge in [-0.2, -0.15) is 4.31 Å². The van der Waals surface area contributed by atoms with Crippen LogP contribution in [-0.2, 0) is 10.0 Å². The van der Waals surface area contributed by atoms with E-state index in [4.69, 9.17) is 0 Å². The number of nitrogens with zero attached hydrogens (tertiary/aromatic N) is 5. The topological polar surface area (TPSA) is 110 Å². The normalized spacial score (nSPS) is 15.5. The summed E-state index contributed by atoms with van der Waals surface area (Å²) >= 11 is 0. The Labute approximate surface area is 176 Å². The molecule has 0 saturated carbocycles. The number of nitro benzene ring substituents is 1. The van der Waals surface area contributed by atoms with Crippen LogP contribution >= 0.6 is 0 Å². The number of nitro groups is 1. The number of hydrogen-bond donors (Lipinski definition) is 0. The van der Waals surface area contributed by atoms with Crippen molar-refractivity contribution in [3.05, 3.63) is 64.5 Å². The molecule has 3 aromatic rings. The second-order valence-electron chi connectivity index (χ2n) is 6.84. The first-order valence-corrected chi connectivity index (χ1v) is 10.8. The number of halogens is 2. The Hall–Kier alpha value is -3.25. The van der Waals surface area contributed by atoms with Gasteiger partial charge in [-0.25, -0.2) is 27.2 Å². The van der Waals surface area contributed by atoms with E-state index >= 15 is 0 Å². The van der Waals surface area contributed by atoms with Crippen LogP contribution in [0, 0.1) is 10.1 Å². The minimum atomic E-state index is -4.10. The number of piperazine rings is 1. The van der Waals surface area contributed by atoms with Crippen LogP contribution in [0.15, 0.2) is 53.4 Å². The van der Waals surface area contributed by atoms with Crippen LogP contribution in [-0.4, -0.2) is 53.8 Å². The van der Waals surface area contributed by atoms with Crippen molar-refractivity contribution in [2.75, 3.05) is 31.1 Å². The van der Waals surface area contributed by atoms with Crippen molar-refractivity contribution in [3.8, 4) is 0 Å². The Morgan fingerprint density at radius 3 is 2.29 bits per heavy atom. The molecule has 12 heteroatoms. The van der Waals surface area contributed by atoms with Crippen molar-refractivity contribution < 1.29 is 22.1 Å². The van der Waals surface area contributed by atoms with Crippen molar-refractivity contribution >= 4 is 32.4 Å². The zero-order valence-electron chi connectivity index (χ0n) is 16.1. The van der Waals surface area contributed by atoms with Crippen LogP contribution in [0.5, 0.6) is 0 Å². The van der Waals surface area contributed by atoms with Crippen molar-refractivity contribution in [2.45, 2.75) is 11.3 Å². The number of anilines is 1. The van der Waals surface area contributed by atoms with Gasteiger partial charge in [0.05, 0.1) is 10.4 Å². The summed E-state index contributed by atoms with van der Waals surface area (Å²) in [6, 6.07) is 11.9. The lowest BCUT2D eigenvalue weighted by Gasteiger charge is -2.35. The van der Waals surface area contributed by atoms with Crippen molar-refractivity contribution in [3.63, 3.8) is 0 Å². The molecule has 2 aromatic carbocycles. The van der Waals surface area contributed by atoms with Gasteiger partial charge in [0.15, 0.2) is 10.7 Å². The molecule has 0 unspecified atom stereocenters. The van der Waals surface area contributed by atoms with E-state index in [0.717, 1.165) is 10.4 Å². The third-order valence-corrected chi connectivity index (χ3v) is 6.96. The molecule has 1 fully saturated rings. The third-order valence-electron chi connectivity index (χ3n) is 5.01. The fourth-order valence-electron chi connectivity index (χ4n) is 3.52. The maximum atomic E-state index is 13.3. The monoisotopic (exact) mass is 449 g/mol. The Morgan fingerprint density at radius 2 is 1.61 bits per heavy atom. The summed E-state index contributed by atoms with van der Waals surface area (Å²) in [5, 5.41) is 11.8. The molecule has 0 spiro atoms. The number of hydrogen-bond acceptors (Lipinski definition) is 7. The molecule has 0 bridgehead atoms. The second-order valence-corrected chi connectivity index (χ2v) is 8.75. The average molecular weight is 449 g/mol. The van der Waals surface area contributed by atoms with E-state index in [0.29, 0.717) is 16.7 Å². The fourth-order valence-corrected chi connectivity index (χ4v) is 5.10. The van der Waals surface area contributed by atoms with Crippen LogP contribution in [0.4, 0.5) is 20.3 Å². The van der Waals surface area contributed by atoms with Gasteiger partial charge in [0.25, 0.3) is 12.1 Å². The molecule has 31 heavy (non-hydrogen) atoms. The minimum Gasteiger partial charge on any atom is -0.353 e. The molecule has 0 aliphatic carbocycles. The van der Waals surface area contributed by atoms with E-state index in [1.165, 1.54) is 18.2 Å². The van der Waals surface area contributed by atoms with Crippen LogP contribution < -0.4 is 4.90 Å². The molecular weight excluding hydrogens is 432 g/mol. The molecule has 0 radical (unpaired) electrons. The van der Waals surface area contributed by atoms with Gasteiger partial charge in [0.2, 0.25) is 10.0 Å². The first-order chi connectivity index (χ1) is 14.8. The van der Waals surface area contributed by atoms with E-state index in [1.54, 1.807) is 29.2 Å². The van der Waals surface area contributed by atoms with Crippen LogP contribution in [0.1, 0.15) is 12.2 Å². The zero-order chi connectivity index (χ0) is 22.2. The zero-order valence-corrected chi connectivity index (χ0v) is 16.9. The molecule has 1 aliphatic heterocycles. The van der Waals surface area contributed by atoms with Gasteiger partial charge in [0, 0.05) is 37.6 Å². The van der Waals surface area contributed by atoms with Gasteiger partial charge in [-0.15, -0.1) is 0 Å². The van der Waals surface area contributed by atoms with Gasteiger partial charge in [-0.3, -0.25) is 10.1 Å². The first-order valence-electron chi connectivity index (χ1n) is 9.32. The number of fused-ring (bicyclic) bond motifs is 1. The SMILES string of the molecule is O=[N+]([O-])c1ccccc1S(=O)(=O)N1CCN(c2nc(C(F)F)nc3ccccc23)CC1. The highest BCUT2D eigenvalue weighted by molar-refractivity contribution is 7.89. The number of rotatable bonds is 5. The standard InChI is InChI=1S/C19H17F2N5O4S/c20-17(21)18-22-14-6-2-1-5-13(14)19(23-18)24-9-11-25(12-10-24)31(29,30)16-8-4-3-7-15(16)26(27)28/h1-8,17H,9-12H2. The van der Waals surface area contributed by atoms with E-state index in [9.17, 15) is 27.3 Å². The maximum absolute atomic E-state index is 13.3. The lowest BCUT2D eigenvalue weighted by Crippen LogP contribution is -2.49. The highest BCUT2D eigenvalue weighted by Crippen LogP contribution is 2.30. The summed E-state index contributed by atoms with van der Waals surface area (Å²) in [6.07, 6.45) is -2.84. The minimum absolute atomic E-state index is 0.0245. The van der Waals surface area contributed by atoms with Crippen LogP contribution in [0.3, 0.4) is 0 Å². The predicted octanol–water partition coefficient (Wildman–Crippen LogP) is 2.99. The third kappa shape index (κ3) is 3.91. The summed E-state index contributed by atoms with van der Waals surface area (Å²) < 4.78 is 53.7. The molecule has 1 aliphatic rings. The number of aromatic nitrogens is 2. The van der Waals surface area contributed by atoms with Gasteiger partial charge in [-0.05, 0) is 18.2 Å². The number of benzene rings is 2. The Bertz CT molecular complexity index is 1250. The van der Waals surface area contributed by atoms with E-state index in [-0.39, 0.29) is 31.1 Å². The lowest BCUT2D eigenvalue weighted by atomic mass is 10.2. The fraction of sp³-hybridized carbons (Fsp3) is 0.263. The number of sulfonamides is 1. The first kappa shape index (κ1) is 21.0. The summed E-state index contributed by atoms with van der Waals surface area (Å²) in [7, 11) is -4.10. The Morgan fingerprint density at radius 1 is 0.968 bits per heavy atom. The average Bonchev–Trinajstić information content (AvgIpc) is 2.78. The summed E-state index contributed by atoms with van der Waals surface area (Å²) in [5.41, 5.74) is -0.119. The smallest absolute Gasteiger partial charge is 0.297 e. The van der Waals surface area contributed by atoms with Crippen molar-refractivity contribution in [1.29, 1.82) is 0 Å². The maximum Gasteiger partial charge on any atom is 0.297 e. The molecule has 2 heterocycles. The molecule has 0 atom stereocenters. The quantitative estimate of drug-likeness (QED) is 0.435. The molecule has 9 nitrogen and oxygen atoms in total. The summed E-state index contributed by atoms with van der Waals surface area (Å²) in [5.74, 6) is -0.285. The Kier molecular flexibility index (Phi) is 5.50. The van der Waals surface area contributed by atoms with Crippen LogP contribution in [0.2, 0.25) is 0 Å². The molecule has 0 N–H and O–H groups in total. The molecule has 4 rings (SSSR count). The van der Waals surface area contributed by atoms with Gasteiger partial charge in [0.1, 0.15) is 5.82 Å². The van der Waals surface area contributed by atoms with Crippen molar-refractivity contribution in [1.82, 2.24) is 14.3 Å². The molecule has 1 aromatic heterocycles. The van der Waals surface area contributed by atoms with E-state index in [1.807, 2.05) is 0 Å². The highest BCUT2D eigenvalue weighted by Gasteiger charge is 2.34. The molecule has 0 amide bonds. The molecular formula is C19H17F2N5O4S. The molecule has 162 valence electrons. The van der Waals surface area contributed by atoms with Gasteiger partial charge >= 0.3 is 0 Å². The highest BCUT2D eigenvalue weighted by atomic mass is 32.2. The summed E-state index contributed by atoms with van der Waals surface area (Å²) in [4.78, 5) is 19.8. The lowest BCUT2D eigenvalue weighted by molar-refractivity contribution is -0.387. The Balaban J connectivity index is 1.62.